The second-order valence-electron chi connectivity index (χ2n) is 4.35. The van der Waals surface area contributed by atoms with Gasteiger partial charge in [0.2, 0.25) is 0 Å². The second-order valence-corrected chi connectivity index (χ2v) is 4.35. The van der Waals surface area contributed by atoms with Crippen molar-refractivity contribution < 1.29 is 0 Å². The number of rotatable bonds is 4. The summed E-state index contributed by atoms with van der Waals surface area (Å²) >= 11 is 0. The van der Waals surface area contributed by atoms with Gasteiger partial charge in [0.15, 0.2) is 0 Å². The van der Waals surface area contributed by atoms with E-state index in [9.17, 15) is 0 Å². The maximum atomic E-state index is 4.37. The maximum Gasteiger partial charge on any atom is 0.111 e. The van der Waals surface area contributed by atoms with Gasteiger partial charge in [-0.1, -0.05) is 13.8 Å². The molecule has 2 rings (SSSR count). The summed E-state index contributed by atoms with van der Waals surface area (Å²) < 4.78 is 2.15. The molecular weight excluding hydrogens is 212 g/mol. The molecule has 2 heterocycles. The molecule has 2 aromatic rings. The quantitative estimate of drug-likeness (QED) is 0.877. The van der Waals surface area contributed by atoms with E-state index in [1.165, 1.54) is 0 Å². The standard InChI is InChI=1S/C13H18N4/c1-10(2)13-16-6-7-17(13)9-12-8-11(14-3)4-5-15-12/h4-8,10H,9H2,1-3H3,(H,14,15). The molecule has 0 fully saturated rings. The van der Waals surface area contributed by atoms with Crippen LogP contribution < -0.4 is 5.32 Å². The van der Waals surface area contributed by atoms with Crippen LogP contribution in [0.2, 0.25) is 0 Å². The summed E-state index contributed by atoms with van der Waals surface area (Å²) in [6, 6.07) is 4.02. The molecule has 0 aliphatic heterocycles. The average Bonchev–Trinajstić information content (AvgIpc) is 2.77. The molecule has 17 heavy (non-hydrogen) atoms. The summed E-state index contributed by atoms with van der Waals surface area (Å²) in [5, 5.41) is 3.12. The number of aromatic nitrogens is 3. The first-order valence-electron chi connectivity index (χ1n) is 5.84. The van der Waals surface area contributed by atoms with E-state index >= 15 is 0 Å². The van der Waals surface area contributed by atoms with E-state index < -0.39 is 0 Å². The normalized spacial score (nSPS) is 10.8. The van der Waals surface area contributed by atoms with Crippen LogP contribution in [0.4, 0.5) is 5.69 Å². The van der Waals surface area contributed by atoms with Crippen molar-refractivity contribution in [2.75, 3.05) is 12.4 Å². The molecule has 0 aliphatic carbocycles. The van der Waals surface area contributed by atoms with E-state index in [1.54, 1.807) is 0 Å². The lowest BCUT2D eigenvalue weighted by atomic mass is 10.2. The Hall–Kier alpha value is -1.84. The number of pyridine rings is 1. The van der Waals surface area contributed by atoms with Crippen molar-refractivity contribution >= 4 is 5.69 Å². The van der Waals surface area contributed by atoms with Crippen LogP contribution in [0.1, 0.15) is 31.3 Å². The second kappa shape index (κ2) is 4.99. The van der Waals surface area contributed by atoms with Gasteiger partial charge < -0.3 is 9.88 Å². The number of hydrogen-bond donors (Lipinski definition) is 1. The maximum absolute atomic E-state index is 4.37. The predicted octanol–water partition coefficient (Wildman–Crippen LogP) is 2.49. The van der Waals surface area contributed by atoms with Gasteiger partial charge in [-0.3, -0.25) is 4.98 Å². The zero-order valence-corrected chi connectivity index (χ0v) is 10.5. The third-order valence-corrected chi connectivity index (χ3v) is 2.70. The third-order valence-electron chi connectivity index (χ3n) is 2.70. The highest BCUT2D eigenvalue weighted by Crippen LogP contribution is 2.14. The van der Waals surface area contributed by atoms with E-state index in [2.05, 4.69) is 39.8 Å². The lowest BCUT2D eigenvalue weighted by Crippen LogP contribution is -2.07. The van der Waals surface area contributed by atoms with Gasteiger partial charge >= 0.3 is 0 Å². The molecule has 1 N–H and O–H groups in total. The lowest BCUT2D eigenvalue weighted by Gasteiger charge is -2.10. The van der Waals surface area contributed by atoms with Gasteiger partial charge in [-0.15, -0.1) is 0 Å². The van der Waals surface area contributed by atoms with E-state index in [-0.39, 0.29) is 0 Å². The number of nitrogens with zero attached hydrogens (tertiary/aromatic N) is 3. The molecule has 0 aromatic carbocycles. The average molecular weight is 230 g/mol. The van der Waals surface area contributed by atoms with Gasteiger partial charge in [0, 0.05) is 37.2 Å². The SMILES string of the molecule is CNc1ccnc(Cn2ccnc2C(C)C)c1. The Kier molecular flexibility index (Phi) is 3.42. The first-order valence-corrected chi connectivity index (χ1v) is 5.84. The lowest BCUT2D eigenvalue weighted by molar-refractivity contribution is 0.661. The first kappa shape index (κ1) is 11.6. The summed E-state index contributed by atoms with van der Waals surface area (Å²) in [6.45, 7) is 5.07. The summed E-state index contributed by atoms with van der Waals surface area (Å²) in [6.07, 6.45) is 5.67. The minimum Gasteiger partial charge on any atom is -0.388 e. The molecule has 4 heteroatoms. The highest BCUT2D eigenvalue weighted by Gasteiger charge is 2.07. The van der Waals surface area contributed by atoms with Crippen molar-refractivity contribution in [3.63, 3.8) is 0 Å². The summed E-state index contributed by atoms with van der Waals surface area (Å²) in [7, 11) is 1.91. The number of anilines is 1. The summed E-state index contributed by atoms with van der Waals surface area (Å²) in [4.78, 5) is 8.75. The fourth-order valence-electron chi connectivity index (χ4n) is 1.85. The third kappa shape index (κ3) is 2.64. The molecule has 0 amide bonds. The number of hydrogen-bond acceptors (Lipinski definition) is 3. The van der Waals surface area contributed by atoms with Gasteiger partial charge in [0.1, 0.15) is 5.82 Å². The van der Waals surface area contributed by atoms with Crippen LogP contribution in [0.15, 0.2) is 30.7 Å². The van der Waals surface area contributed by atoms with Gasteiger partial charge in [-0.05, 0) is 12.1 Å². The molecule has 0 unspecified atom stereocenters. The zero-order valence-electron chi connectivity index (χ0n) is 10.5. The predicted molar refractivity (Wildman–Crippen MR) is 69.2 cm³/mol. The van der Waals surface area contributed by atoms with Crippen molar-refractivity contribution in [1.82, 2.24) is 14.5 Å². The molecular formula is C13H18N4. The van der Waals surface area contributed by atoms with Crippen LogP contribution in [-0.4, -0.2) is 21.6 Å². The minimum absolute atomic E-state index is 0.428. The van der Waals surface area contributed by atoms with Crippen LogP contribution in [-0.2, 0) is 6.54 Å². The Morgan fingerprint density at radius 3 is 2.82 bits per heavy atom. The fraction of sp³-hybridized carbons (Fsp3) is 0.385. The molecule has 0 saturated carbocycles. The smallest absolute Gasteiger partial charge is 0.111 e. The van der Waals surface area contributed by atoms with Gasteiger partial charge in [-0.2, -0.15) is 0 Å². The van der Waals surface area contributed by atoms with E-state index in [0.29, 0.717) is 5.92 Å². The summed E-state index contributed by atoms with van der Waals surface area (Å²) in [5.74, 6) is 1.53. The molecule has 0 aliphatic rings. The van der Waals surface area contributed by atoms with Crippen LogP contribution >= 0.6 is 0 Å². The Morgan fingerprint density at radius 2 is 2.12 bits per heavy atom. The molecule has 2 aromatic heterocycles. The largest absolute Gasteiger partial charge is 0.388 e. The van der Waals surface area contributed by atoms with Gasteiger partial charge in [0.25, 0.3) is 0 Å². The van der Waals surface area contributed by atoms with E-state index in [4.69, 9.17) is 0 Å². The molecule has 0 saturated heterocycles. The van der Waals surface area contributed by atoms with Crippen LogP contribution in [0.5, 0.6) is 0 Å². The van der Waals surface area contributed by atoms with Crippen molar-refractivity contribution in [1.29, 1.82) is 0 Å². The van der Waals surface area contributed by atoms with Crippen LogP contribution in [0.25, 0.3) is 0 Å². The fourth-order valence-corrected chi connectivity index (χ4v) is 1.85. The molecule has 90 valence electrons. The first-order chi connectivity index (χ1) is 8.20. The Morgan fingerprint density at radius 1 is 1.29 bits per heavy atom. The molecule has 0 radical (unpaired) electrons. The van der Waals surface area contributed by atoms with Crippen molar-refractivity contribution in [2.45, 2.75) is 26.3 Å². The minimum atomic E-state index is 0.428. The van der Waals surface area contributed by atoms with E-state index in [1.807, 2.05) is 31.7 Å². The van der Waals surface area contributed by atoms with Crippen molar-refractivity contribution in [3.8, 4) is 0 Å². The Balaban J connectivity index is 2.22. The van der Waals surface area contributed by atoms with E-state index in [0.717, 1.165) is 23.8 Å². The molecule has 0 bridgehead atoms. The summed E-state index contributed by atoms with van der Waals surface area (Å²) in [5.41, 5.74) is 2.12. The van der Waals surface area contributed by atoms with Crippen LogP contribution in [0.3, 0.4) is 0 Å². The Labute approximate surface area is 102 Å². The van der Waals surface area contributed by atoms with Gasteiger partial charge in [-0.25, -0.2) is 4.98 Å². The highest BCUT2D eigenvalue weighted by molar-refractivity contribution is 5.42. The monoisotopic (exact) mass is 230 g/mol. The van der Waals surface area contributed by atoms with Crippen LogP contribution in [0, 0.1) is 0 Å². The van der Waals surface area contributed by atoms with Crippen molar-refractivity contribution in [3.05, 3.63) is 42.2 Å². The van der Waals surface area contributed by atoms with Gasteiger partial charge in [0.05, 0.1) is 12.2 Å². The number of imidazole rings is 1. The van der Waals surface area contributed by atoms with Crippen molar-refractivity contribution in [2.24, 2.45) is 0 Å². The molecule has 0 spiro atoms. The Bertz CT molecular complexity index is 488. The highest BCUT2D eigenvalue weighted by atomic mass is 15.1. The molecule has 4 nitrogen and oxygen atoms in total. The topological polar surface area (TPSA) is 42.7 Å². The number of nitrogens with one attached hydrogen (secondary N) is 1. The zero-order chi connectivity index (χ0) is 12.3. The molecule has 0 atom stereocenters.